The summed E-state index contributed by atoms with van der Waals surface area (Å²) in [6.45, 7) is 9.68. The monoisotopic (exact) mass is 502 g/mol. The molecule has 0 aromatic heterocycles. The van der Waals surface area contributed by atoms with Crippen molar-refractivity contribution in [3.63, 3.8) is 0 Å². The molecule has 1 aromatic rings. The van der Waals surface area contributed by atoms with Crippen LogP contribution in [0, 0.1) is 11.8 Å². The van der Waals surface area contributed by atoms with Gasteiger partial charge < -0.3 is 20.3 Å². The zero-order chi connectivity index (χ0) is 19.6. The molecule has 2 N–H and O–H groups in total. The summed E-state index contributed by atoms with van der Waals surface area (Å²) < 4.78 is 4.88. The van der Waals surface area contributed by atoms with Gasteiger partial charge >= 0.3 is 5.97 Å². The minimum atomic E-state index is -0.0940. The third kappa shape index (κ3) is 7.48. The number of carbonyl (C=O) groups is 1. The van der Waals surface area contributed by atoms with Crippen molar-refractivity contribution in [2.24, 2.45) is 16.8 Å². The fourth-order valence-electron chi connectivity index (χ4n) is 3.28. The van der Waals surface area contributed by atoms with Crippen LogP contribution in [0.25, 0.3) is 0 Å². The number of likely N-dealkylation sites (tertiary alicyclic amines) is 1. The number of rotatable bonds is 7. The van der Waals surface area contributed by atoms with Crippen LogP contribution in [-0.4, -0.2) is 56.2 Å². The Balaban J connectivity index is 0.00000392. The number of halogens is 1. The van der Waals surface area contributed by atoms with E-state index in [1.807, 2.05) is 18.2 Å². The van der Waals surface area contributed by atoms with E-state index >= 15 is 0 Å². The lowest BCUT2D eigenvalue weighted by Crippen LogP contribution is -2.47. The van der Waals surface area contributed by atoms with Crippen molar-refractivity contribution in [1.29, 1.82) is 0 Å². The second kappa shape index (κ2) is 12.9. The highest BCUT2D eigenvalue weighted by molar-refractivity contribution is 14.0. The molecule has 7 heteroatoms. The van der Waals surface area contributed by atoms with E-state index in [0.29, 0.717) is 12.5 Å². The average molecular weight is 502 g/mol. The summed E-state index contributed by atoms with van der Waals surface area (Å²) in [5.74, 6) is 1.31. The van der Waals surface area contributed by atoms with Crippen LogP contribution in [0.15, 0.2) is 35.3 Å². The number of hydrogen-bond donors (Lipinski definition) is 2. The second-order valence-electron chi connectivity index (χ2n) is 7.34. The second-order valence-corrected chi connectivity index (χ2v) is 7.34. The first-order chi connectivity index (χ1) is 13.0. The van der Waals surface area contributed by atoms with Gasteiger partial charge in [-0.15, -0.1) is 24.0 Å². The zero-order valence-electron chi connectivity index (χ0n) is 17.5. The number of esters is 1. The number of piperidine rings is 1. The number of nitrogens with zero attached hydrogens (tertiary/aromatic N) is 2. The number of carbonyl (C=O) groups excluding carboxylic acids is 1. The molecule has 28 heavy (non-hydrogen) atoms. The van der Waals surface area contributed by atoms with Gasteiger partial charge in [0.25, 0.3) is 0 Å². The standard InChI is InChI=1S/C21H34N4O2.HI/c1-5-22-21(25-13-11-17(12-14-25)20(26)27-4)23-15-19(16(2)3)24-18-9-7-6-8-10-18;/h6-10,16-17,19,24H,5,11-15H2,1-4H3,(H,22,23);1H. The van der Waals surface area contributed by atoms with Gasteiger partial charge in [0.15, 0.2) is 5.96 Å². The Morgan fingerprint density at radius 2 is 1.89 bits per heavy atom. The quantitative estimate of drug-likeness (QED) is 0.258. The van der Waals surface area contributed by atoms with Gasteiger partial charge in [0.2, 0.25) is 0 Å². The van der Waals surface area contributed by atoms with E-state index in [-0.39, 0.29) is 41.9 Å². The highest BCUT2D eigenvalue weighted by Gasteiger charge is 2.27. The van der Waals surface area contributed by atoms with Crippen LogP contribution in [0.5, 0.6) is 0 Å². The number of nitrogens with one attached hydrogen (secondary N) is 2. The summed E-state index contributed by atoms with van der Waals surface area (Å²) in [5, 5.41) is 6.99. The molecule has 1 aliphatic rings. The Morgan fingerprint density at radius 1 is 1.25 bits per heavy atom. The van der Waals surface area contributed by atoms with Gasteiger partial charge in [0.1, 0.15) is 0 Å². The molecule has 0 amide bonds. The van der Waals surface area contributed by atoms with Gasteiger partial charge in [-0.25, -0.2) is 0 Å². The van der Waals surface area contributed by atoms with Crippen molar-refractivity contribution in [2.75, 3.05) is 38.6 Å². The van der Waals surface area contributed by atoms with E-state index in [1.165, 1.54) is 7.11 Å². The number of hydrogen-bond acceptors (Lipinski definition) is 4. The fourth-order valence-corrected chi connectivity index (χ4v) is 3.28. The minimum Gasteiger partial charge on any atom is -0.469 e. The first-order valence-electron chi connectivity index (χ1n) is 9.97. The lowest BCUT2D eigenvalue weighted by atomic mass is 9.97. The van der Waals surface area contributed by atoms with Crippen LogP contribution in [0.4, 0.5) is 5.69 Å². The van der Waals surface area contributed by atoms with Crippen LogP contribution in [0.2, 0.25) is 0 Å². The van der Waals surface area contributed by atoms with Crippen LogP contribution >= 0.6 is 24.0 Å². The summed E-state index contributed by atoms with van der Waals surface area (Å²) in [5.41, 5.74) is 1.12. The highest BCUT2D eigenvalue weighted by Crippen LogP contribution is 2.19. The minimum absolute atomic E-state index is 0. The molecule has 1 saturated heterocycles. The number of aliphatic imine (C=N–C) groups is 1. The van der Waals surface area contributed by atoms with Crippen LogP contribution < -0.4 is 10.6 Å². The lowest BCUT2D eigenvalue weighted by Gasteiger charge is -2.33. The van der Waals surface area contributed by atoms with Crippen molar-refractivity contribution in [3.05, 3.63) is 30.3 Å². The smallest absolute Gasteiger partial charge is 0.308 e. The Bertz CT molecular complexity index is 602. The van der Waals surface area contributed by atoms with Crippen LogP contribution in [0.1, 0.15) is 33.6 Å². The SMILES string of the molecule is CCNC(=NCC(Nc1ccccc1)C(C)C)N1CCC(C(=O)OC)CC1.I. The van der Waals surface area contributed by atoms with Gasteiger partial charge in [0.05, 0.1) is 19.6 Å². The number of methoxy groups -OCH3 is 1. The molecular weight excluding hydrogens is 467 g/mol. The number of ether oxygens (including phenoxy) is 1. The summed E-state index contributed by atoms with van der Waals surface area (Å²) in [6.07, 6.45) is 1.62. The molecule has 0 radical (unpaired) electrons. The largest absolute Gasteiger partial charge is 0.469 e. The number of anilines is 1. The van der Waals surface area contributed by atoms with Crippen molar-refractivity contribution < 1.29 is 9.53 Å². The molecule has 1 atom stereocenters. The van der Waals surface area contributed by atoms with E-state index in [0.717, 1.165) is 44.1 Å². The normalized spacial score (nSPS) is 16.3. The molecular formula is C21H35IN4O2. The number of para-hydroxylation sites is 1. The molecule has 2 rings (SSSR count). The zero-order valence-corrected chi connectivity index (χ0v) is 19.8. The maximum absolute atomic E-state index is 11.7. The molecule has 0 aliphatic carbocycles. The molecule has 1 fully saturated rings. The van der Waals surface area contributed by atoms with Crippen molar-refractivity contribution in [1.82, 2.24) is 10.2 Å². The Morgan fingerprint density at radius 3 is 2.43 bits per heavy atom. The van der Waals surface area contributed by atoms with Gasteiger partial charge in [0, 0.05) is 31.4 Å². The first-order valence-corrected chi connectivity index (χ1v) is 9.97. The highest BCUT2D eigenvalue weighted by atomic mass is 127. The number of benzene rings is 1. The molecule has 0 spiro atoms. The van der Waals surface area contributed by atoms with Crippen LogP contribution in [-0.2, 0) is 9.53 Å². The summed E-state index contributed by atoms with van der Waals surface area (Å²) in [6, 6.07) is 10.5. The molecule has 1 aliphatic heterocycles. The van der Waals surface area contributed by atoms with E-state index in [2.05, 4.69) is 48.4 Å². The molecule has 1 unspecified atom stereocenters. The molecule has 0 bridgehead atoms. The molecule has 6 nitrogen and oxygen atoms in total. The molecule has 0 saturated carbocycles. The van der Waals surface area contributed by atoms with Crippen LogP contribution in [0.3, 0.4) is 0 Å². The van der Waals surface area contributed by atoms with Crippen molar-refractivity contribution >= 4 is 41.6 Å². The van der Waals surface area contributed by atoms with E-state index in [4.69, 9.17) is 9.73 Å². The molecule has 1 aromatic carbocycles. The maximum atomic E-state index is 11.7. The molecule has 158 valence electrons. The summed E-state index contributed by atoms with van der Waals surface area (Å²) in [7, 11) is 1.46. The predicted molar refractivity (Wildman–Crippen MR) is 126 cm³/mol. The van der Waals surface area contributed by atoms with Gasteiger partial charge in [-0.3, -0.25) is 9.79 Å². The molecule has 1 heterocycles. The van der Waals surface area contributed by atoms with Gasteiger partial charge in [-0.1, -0.05) is 32.0 Å². The third-order valence-corrected chi connectivity index (χ3v) is 5.03. The third-order valence-electron chi connectivity index (χ3n) is 5.03. The number of guanidine groups is 1. The predicted octanol–water partition coefficient (Wildman–Crippen LogP) is 3.59. The van der Waals surface area contributed by atoms with Gasteiger partial charge in [-0.2, -0.15) is 0 Å². The van der Waals surface area contributed by atoms with Crippen molar-refractivity contribution in [3.8, 4) is 0 Å². The maximum Gasteiger partial charge on any atom is 0.308 e. The topological polar surface area (TPSA) is 66.0 Å². The average Bonchev–Trinajstić information content (AvgIpc) is 2.70. The van der Waals surface area contributed by atoms with E-state index in [9.17, 15) is 4.79 Å². The van der Waals surface area contributed by atoms with Crippen molar-refractivity contribution in [2.45, 2.75) is 39.7 Å². The van der Waals surface area contributed by atoms with E-state index in [1.54, 1.807) is 0 Å². The van der Waals surface area contributed by atoms with Gasteiger partial charge in [-0.05, 0) is 37.8 Å². The Kier molecular flexibility index (Phi) is 11.3. The van der Waals surface area contributed by atoms with E-state index < -0.39 is 0 Å². The first kappa shape index (κ1) is 24.5. The Hall–Kier alpha value is -1.51. The summed E-state index contributed by atoms with van der Waals surface area (Å²) >= 11 is 0. The lowest BCUT2D eigenvalue weighted by molar-refractivity contribution is -0.146. The Labute approximate surface area is 186 Å². The summed E-state index contributed by atoms with van der Waals surface area (Å²) in [4.78, 5) is 18.9. The fraction of sp³-hybridized carbons (Fsp3) is 0.619.